The molecule has 154 valence electrons. The van der Waals surface area contributed by atoms with Gasteiger partial charge in [-0.1, -0.05) is 0 Å². The summed E-state index contributed by atoms with van der Waals surface area (Å²) in [4.78, 5) is 50.0. The number of piperidine rings is 1. The van der Waals surface area contributed by atoms with Gasteiger partial charge < -0.3 is 15.4 Å². The lowest BCUT2D eigenvalue weighted by molar-refractivity contribution is -0.136. The summed E-state index contributed by atoms with van der Waals surface area (Å²) >= 11 is 0. The van der Waals surface area contributed by atoms with Crippen molar-refractivity contribution >= 4 is 29.3 Å². The second-order valence-corrected chi connectivity index (χ2v) is 8.29. The first-order valence-corrected chi connectivity index (χ1v) is 9.71. The number of carbonyl (C=O) groups excluding carboxylic acids is 4. The van der Waals surface area contributed by atoms with Gasteiger partial charge in [0, 0.05) is 30.7 Å². The van der Waals surface area contributed by atoms with Gasteiger partial charge in [0.2, 0.25) is 11.8 Å². The highest BCUT2D eigenvalue weighted by Gasteiger charge is 2.44. The fraction of sp³-hybridized carbons (Fsp3) is 0.500. The molecule has 4 amide bonds. The van der Waals surface area contributed by atoms with Crippen molar-refractivity contribution in [1.82, 2.24) is 15.5 Å². The van der Waals surface area contributed by atoms with Gasteiger partial charge in [0.1, 0.15) is 6.04 Å². The lowest BCUT2D eigenvalue weighted by atomic mass is 10.0. The molecule has 3 aliphatic rings. The van der Waals surface area contributed by atoms with E-state index in [9.17, 15) is 19.2 Å². The van der Waals surface area contributed by atoms with Crippen molar-refractivity contribution in [2.75, 3.05) is 25.0 Å². The van der Waals surface area contributed by atoms with E-state index in [1.165, 1.54) is 0 Å². The maximum absolute atomic E-state index is 12.8. The van der Waals surface area contributed by atoms with Crippen LogP contribution in [0.15, 0.2) is 18.2 Å². The number of imide groups is 2. The molecule has 29 heavy (non-hydrogen) atoms. The number of nitrogens with one attached hydrogen (secondary N) is 3. The van der Waals surface area contributed by atoms with Crippen LogP contribution in [0.25, 0.3) is 0 Å². The highest BCUT2D eigenvalue weighted by Crippen LogP contribution is 2.29. The minimum Gasteiger partial charge on any atom is -0.382 e. The van der Waals surface area contributed by atoms with Gasteiger partial charge in [0.15, 0.2) is 0 Å². The molecule has 3 N–H and O–H groups in total. The molecule has 2 saturated heterocycles. The van der Waals surface area contributed by atoms with Crippen LogP contribution in [0.3, 0.4) is 0 Å². The average molecular weight is 400 g/mol. The number of hydrogen-bond acceptors (Lipinski definition) is 7. The maximum atomic E-state index is 12.8. The van der Waals surface area contributed by atoms with Crippen molar-refractivity contribution in [3.05, 3.63) is 29.3 Å². The van der Waals surface area contributed by atoms with Crippen LogP contribution >= 0.6 is 0 Å². The summed E-state index contributed by atoms with van der Waals surface area (Å²) in [6, 6.07) is 3.99. The van der Waals surface area contributed by atoms with E-state index in [4.69, 9.17) is 4.74 Å². The number of hydrogen-bond donors (Lipinski definition) is 3. The first kappa shape index (κ1) is 19.5. The van der Waals surface area contributed by atoms with Crippen molar-refractivity contribution < 1.29 is 23.9 Å². The second-order valence-electron chi connectivity index (χ2n) is 8.29. The van der Waals surface area contributed by atoms with Crippen molar-refractivity contribution in [3.63, 3.8) is 0 Å². The molecule has 2 fully saturated rings. The monoisotopic (exact) mass is 400 g/mol. The molecule has 0 bridgehead atoms. The first-order chi connectivity index (χ1) is 13.7. The molecule has 0 spiro atoms. The molecule has 9 heteroatoms. The highest BCUT2D eigenvalue weighted by atomic mass is 16.5. The number of fused-ring (bicyclic) bond motifs is 1. The van der Waals surface area contributed by atoms with E-state index >= 15 is 0 Å². The lowest BCUT2D eigenvalue weighted by Gasteiger charge is -2.36. The molecule has 1 aromatic rings. The van der Waals surface area contributed by atoms with Crippen LogP contribution in [0.5, 0.6) is 0 Å². The number of nitrogens with zero attached hydrogens (tertiary/aromatic N) is 1. The van der Waals surface area contributed by atoms with Crippen LogP contribution in [0.4, 0.5) is 5.69 Å². The SMILES string of the molecule is CC1(C)COC(CNc2ccc3c(c2)C(=O)N(C2CCC(=O)NC2=O)C3=O)CN1. The first-order valence-electron chi connectivity index (χ1n) is 9.71. The number of ether oxygens (including phenoxy) is 1. The van der Waals surface area contributed by atoms with Crippen LogP contribution in [-0.2, 0) is 14.3 Å². The summed E-state index contributed by atoms with van der Waals surface area (Å²) < 4.78 is 5.84. The molecule has 3 heterocycles. The molecular formula is C20H24N4O5. The third-order valence-electron chi connectivity index (χ3n) is 5.46. The van der Waals surface area contributed by atoms with Crippen LogP contribution in [-0.4, -0.2) is 65.9 Å². The molecule has 2 unspecified atom stereocenters. The number of amides is 4. The lowest BCUT2D eigenvalue weighted by Crippen LogP contribution is -2.54. The molecule has 0 aromatic heterocycles. The van der Waals surface area contributed by atoms with Gasteiger partial charge in [-0.05, 0) is 38.5 Å². The largest absolute Gasteiger partial charge is 0.382 e. The van der Waals surface area contributed by atoms with Gasteiger partial charge in [0.05, 0.1) is 23.8 Å². The van der Waals surface area contributed by atoms with Crippen molar-refractivity contribution in [2.24, 2.45) is 0 Å². The van der Waals surface area contributed by atoms with Gasteiger partial charge >= 0.3 is 0 Å². The Balaban J connectivity index is 1.44. The summed E-state index contributed by atoms with van der Waals surface area (Å²) in [5.74, 6) is -2.02. The van der Waals surface area contributed by atoms with Crippen LogP contribution < -0.4 is 16.0 Å². The van der Waals surface area contributed by atoms with E-state index < -0.39 is 29.7 Å². The van der Waals surface area contributed by atoms with E-state index in [1.54, 1.807) is 18.2 Å². The van der Waals surface area contributed by atoms with Gasteiger partial charge in [-0.25, -0.2) is 0 Å². The number of morpholine rings is 1. The van der Waals surface area contributed by atoms with Crippen LogP contribution in [0, 0.1) is 0 Å². The second kappa shape index (κ2) is 7.23. The Morgan fingerprint density at radius 3 is 2.62 bits per heavy atom. The zero-order chi connectivity index (χ0) is 20.8. The number of anilines is 1. The van der Waals surface area contributed by atoms with Crippen molar-refractivity contribution in [1.29, 1.82) is 0 Å². The van der Waals surface area contributed by atoms with Crippen LogP contribution in [0.1, 0.15) is 47.4 Å². The molecular weight excluding hydrogens is 376 g/mol. The summed E-state index contributed by atoms with van der Waals surface area (Å²) in [5, 5.41) is 8.85. The molecule has 1 aromatic carbocycles. The Morgan fingerprint density at radius 2 is 1.93 bits per heavy atom. The van der Waals surface area contributed by atoms with Crippen molar-refractivity contribution in [3.8, 4) is 0 Å². The van der Waals surface area contributed by atoms with Gasteiger partial charge in [0.25, 0.3) is 11.8 Å². The third kappa shape index (κ3) is 3.75. The number of benzene rings is 1. The molecule has 9 nitrogen and oxygen atoms in total. The summed E-state index contributed by atoms with van der Waals surface area (Å²) in [6.07, 6.45) is 0.237. The maximum Gasteiger partial charge on any atom is 0.262 e. The topological polar surface area (TPSA) is 117 Å². The predicted molar refractivity (Wildman–Crippen MR) is 103 cm³/mol. The van der Waals surface area contributed by atoms with Crippen molar-refractivity contribution in [2.45, 2.75) is 44.4 Å². The average Bonchev–Trinajstić information content (AvgIpc) is 2.92. The smallest absolute Gasteiger partial charge is 0.262 e. The fourth-order valence-electron chi connectivity index (χ4n) is 3.77. The minimum atomic E-state index is -0.957. The van der Waals surface area contributed by atoms with E-state index in [0.717, 1.165) is 4.90 Å². The molecule has 0 radical (unpaired) electrons. The molecule has 0 saturated carbocycles. The Kier molecular flexibility index (Phi) is 4.87. The number of carbonyl (C=O) groups is 4. The Hall–Kier alpha value is -2.78. The molecule has 2 atom stereocenters. The predicted octanol–water partition coefficient (Wildman–Crippen LogP) is 0.267. The molecule has 4 rings (SSSR count). The minimum absolute atomic E-state index is 0.00594. The van der Waals surface area contributed by atoms with Crippen LogP contribution in [0.2, 0.25) is 0 Å². The van der Waals surface area contributed by atoms with Gasteiger partial charge in [-0.2, -0.15) is 0 Å². The zero-order valence-corrected chi connectivity index (χ0v) is 16.4. The van der Waals surface area contributed by atoms with E-state index in [-0.39, 0.29) is 35.6 Å². The fourth-order valence-corrected chi connectivity index (χ4v) is 3.77. The van der Waals surface area contributed by atoms with Gasteiger partial charge in [-0.15, -0.1) is 0 Å². The van der Waals surface area contributed by atoms with Gasteiger partial charge in [-0.3, -0.25) is 29.4 Å². The van der Waals surface area contributed by atoms with E-state index in [0.29, 0.717) is 25.4 Å². The summed E-state index contributed by atoms with van der Waals surface area (Å²) in [5.41, 5.74) is 1.18. The summed E-state index contributed by atoms with van der Waals surface area (Å²) in [7, 11) is 0. The Labute approximate surface area is 168 Å². The summed E-state index contributed by atoms with van der Waals surface area (Å²) in [6.45, 7) is 6.03. The quantitative estimate of drug-likeness (QED) is 0.621. The third-order valence-corrected chi connectivity index (χ3v) is 5.46. The van der Waals surface area contributed by atoms with E-state index in [2.05, 4.69) is 29.8 Å². The number of rotatable bonds is 4. The Bertz CT molecular complexity index is 887. The standard InChI is InChI=1S/C20H24N4O5/c1-20(2)10-29-12(9-22-20)8-21-11-3-4-13-14(7-11)19(28)24(18(13)27)15-5-6-16(25)23-17(15)26/h3-4,7,12,15,21-22H,5-6,8-10H2,1-2H3,(H,23,25,26). The molecule has 3 aliphatic heterocycles. The highest BCUT2D eigenvalue weighted by molar-refractivity contribution is 6.23. The Morgan fingerprint density at radius 1 is 1.17 bits per heavy atom. The zero-order valence-electron chi connectivity index (χ0n) is 16.4. The normalized spacial score (nSPS) is 26.3. The molecule has 0 aliphatic carbocycles. The van der Waals surface area contributed by atoms with E-state index in [1.807, 2.05) is 0 Å².